The summed E-state index contributed by atoms with van der Waals surface area (Å²) in [6, 6.07) is 5.43. The molecule has 1 rings (SSSR count). The van der Waals surface area contributed by atoms with Gasteiger partial charge in [0.05, 0.1) is 6.61 Å². The molecule has 0 saturated heterocycles. The number of amides is 1. The van der Waals surface area contributed by atoms with Gasteiger partial charge in [-0.05, 0) is 11.6 Å². The summed E-state index contributed by atoms with van der Waals surface area (Å²) in [7, 11) is 0. The number of aromatic nitrogens is 1. The number of hydrogen-bond donors (Lipinski definition) is 1. The molecule has 1 aromatic heterocycles. The fourth-order valence-corrected chi connectivity index (χ4v) is 1.00. The Morgan fingerprint density at radius 3 is 3.14 bits per heavy atom. The second-order valence-electron chi connectivity index (χ2n) is 2.54. The van der Waals surface area contributed by atoms with Gasteiger partial charge in [0, 0.05) is 12.6 Å². The van der Waals surface area contributed by atoms with Crippen molar-refractivity contribution in [2.24, 2.45) is 5.73 Å². The van der Waals surface area contributed by atoms with E-state index in [1.54, 1.807) is 12.1 Å². The number of carbonyl (C=O) groups is 1. The minimum absolute atomic E-state index is 0.162. The lowest BCUT2D eigenvalue weighted by molar-refractivity contribution is 0.158. The first-order valence-corrected chi connectivity index (χ1v) is 4.00. The lowest BCUT2D eigenvalue weighted by Gasteiger charge is -2.02. The van der Waals surface area contributed by atoms with Crippen LogP contribution in [-0.2, 0) is 11.2 Å². The first kappa shape index (κ1) is 9.99. The summed E-state index contributed by atoms with van der Waals surface area (Å²) in [6.45, 7) is 0.162. The zero-order chi connectivity index (χ0) is 10.4. The molecule has 0 radical (unpaired) electrons. The lowest BCUT2D eigenvalue weighted by Crippen LogP contribution is -2.15. The van der Waals surface area contributed by atoms with Crippen molar-refractivity contribution >= 4 is 6.09 Å². The maximum Gasteiger partial charge on any atom is 0.404 e. The lowest BCUT2D eigenvalue weighted by atomic mass is 10.1. The van der Waals surface area contributed by atoms with Crippen molar-refractivity contribution in [1.29, 1.82) is 5.26 Å². The van der Waals surface area contributed by atoms with Crippen molar-refractivity contribution in [3.05, 3.63) is 29.6 Å². The van der Waals surface area contributed by atoms with E-state index in [2.05, 4.69) is 9.72 Å². The van der Waals surface area contributed by atoms with E-state index >= 15 is 0 Å². The van der Waals surface area contributed by atoms with Gasteiger partial charge in [-0.3, -0.25) is 0 Å². The quantitative estimate of drug-likeness (QED) is 0.757. The molecular weight excluding hydrogens is 182 g/mol. The summed E-state index contributed by atoms with van der Waals surface area (Å²) in [6.07, 6.45) is 1.17. The van der Waals surface area contributed by atoms with Gasteiger partial charge in [-0.1, -0.05) is 6.07 Å². The summed E-state index contributed by atoms with van der Waals surface area (Å²) < 4.78 is 4.55. The molecule has 5 nitrogen and oxygen atoms in total. The van der Waals surface area contributed by atoms with Crippen molar-refractivity contribution in [3.63, 3.8) is 0 Å². The Morgan fingerprint density at radius 1 is 1.71 bits per heavy atom. The molecule has 0 aliphatic heterocycles. The Morgan fingerprint density at radius 2 is 2.50 bits per heavy atom. The number of nitrogens with zero attached hydrogens (tertiary/aromatic N) is 2. The summed E-state index contributed by atoms with van der Waals surface area (Å²) in [5.41, 5.74) is 5.88. The summed E-state index contributed by atoms with van der Waals surface area (Å²) in [4.78, 5) is 14.1. The highest BCUT2D eigenvalue weighted by Gasteiger charge is 2.02. The van der Waals surface area contributed by atoms with Crippen LogP contribution in [0.5, 0.6) is 0 Å². The van der Waals surface area contributed by atoms with E-state index in [0.29, 0.717) is 12.1 Å². The SMILES string of the molecule is N#Cc1ncccc1CCOC(N)=O. The molecule has 0 atom stereocenters. The largest absolute Gasteiger partial charge is 0.449 e. The molecule has 0 bridgehead atoms. The Hall–Kier alpha value is -2.09. The first-order valence-electron chi connectivity index (χ1n) is 4.00. The number of pyridine rings is 1. The van der Waals surface area contributed by atoms with E-state index in [0.717, 1.165) is 5.56 Å². The standard InChI is InChI=1S/C9H9N3O2/c10-6-8-7(2-1-4-12-8)3-5-14-9(11)13/h1-2,4H,3,5H2,(H2,11,13). The minimum Gasteiger partial charge on any atom is -0.449 e. The number of nitriles is 1. The van der Waals surface area contributed by atoms with E-state index in [1.165, 1.54) is 6.20 Å². The zero-order valence-electron chi connectivity index (χ0n) is 7.43. The molecule has 0 fully saturated rings. The van der Waals surface area contributed by atoms with Gasteiger partial charge in [-0.25, -0.2) is 9.78 Å². The molecule has 5 heteroatoms. The Labute approximate surface area is 81.1 Å². The molecule has 1 amide bonds. The van der Waals surface area contributed by atoms with Crippen LogP contribution in [0.25, 0.3) is 0 Å². The second kappa shape index (κ2) is 4.82. The third-order valence-electron chi connectivity index (χ3n) is 1.61. The fraction of sp³-hybridized carbons (Fsp3) is 0.222. The molecule has 0 aliphatic carbocycles. The van der Waals surface area contributed by atoms with Gasteiger partial charge >= 0.3 is 6.09 Å². The van der Waals surface area contributed by atoms with Gasteiger partial charge in [0.25, 0.3) is 0 Å². The molecule has 0 aromatic carbocycles. The molecule has 0 unspecified atom stereocenters. The van der Waals surface area contributed by atoms with Gasteiger partial charge in [0.2, 0.25) is 0 Å². The maximum atomic E-state index is 10.3. The van der Waals surface area contributed by atoms with Gasteiger partial charge in [0.15, 0.2) is 0 Å². The van der Waals surface area contributed by atoms with Crippen molar-refractivity contribution in [2.75, 3.05) is 6.61 Å². The summed E-state index contributed by atoms with van der Waals surface area (Å²) in [5, 5.41) is 8.68. The molecule has 0 aliphatic rings. The molecule has 2 N–H and O–H groups in total. The predicted molar refractivity (Wildman–Crippen MR) is 48.2 cm³/mol. The van der Waals surface area contributed by atoms with Crippen molar-refractivity contribution < 1.29 is 9.53 Å². The van der Waals surface area contributed by atoms with Gasteiger partial charge < -0.3 is 10.5 Å². The van der Waals surface area contributed by atoms with Crippen LogP contribution in [0.4, 0.5) is 4.79 Å². The van der Waals surface area contributed by atoms with Crippen LogP contribution < -0.4 is 5.73 Å². The highest BCUT2D eigenvalue weighted by molar-refractivity contribution is 5.64. The monoisotopic (exact) mass is 191 g/mol. The highest BCUT2D eigenvalue weighted by Crippen LogP contribution is 2.04. The third-order valence-corrected chi connectivity index (χ3v) is 1.61. The van der Waals surface area contributed by atoms with Crippen LogP contribution in [0.15, 0.2) is 18.3 Å². The van der Waals surface area contributed by atoms with Crippen LogP contribution in [0, 0.1) is 11.3 Å². The normalized spacial score (nSPS) is 9.07. The van der Waals surface area contributed by atoms with E-state index in [1.807, 2.05) is 6.07 Å². The van der Waals surface area contributed by atoms with E-state index in [4.69, 9.17) is 11.0 Å². The number of rotatable bonds is 3. The second-order valence-corrected chi connectivity index (χ2v) is 2.54. The molecule has 1 aromatic rings. The number of primary amides is 1. The summed E-state index contributed by atoms with van der Waals surface area (Å²) >= 11 is 0. The number of nitrogens with two attached hydrogens (primary N) is 1. The molecule has 14 heavy (non-hydrogen) atoms. The number of carbonyl (C=O) groups excluding carboxylic acids is 1. The zero-order valence-corrected chi connectivity index (χ0v) is 7.43. The van der Waals surface area contributed by atoms with Crippen LogP contribution in [0.3, 0.4) is 0 Å². The van der Waals surface area contributed by atoms with E-state index < -0.39 is 6.09 Å². The third kappa shape index (κ3) is 2.75. The van der Waals surface area contributed by atoms with Crippen LogP contribution >= 0.6 is 0 Å². The Kier molecular flexibility index (Phi) is 3.44. The van der Waals surface area contributed by atoms with Crippen LogP contribution in [0.1, 0.15) is 11.3 Å². The molecule has 0 saturated carbocycles. The smallest absolute Gasteiger partial charge is 0.404 e. The molecule has 72 valence electrons. The maximum absolute atomic E-state index is 10.3. The van der Waals surface area contributed by atoms with Gasteiger partial charge in [-0.15, -0.1) is 0 Å². The van der Waals surface area contributed by atoms with Crippen molar-refractivity contribution in [2.45, 2.75) is 6.42 Å². The molecule has 0 spiro atoms. The summed E-state index contributed by atoms with van der Waals surface area (Å²) in [5.74, 6) is 0. The molecule has 1 heterocycles. The van der Waals surface area contributed by atoms with Gasteiger partial charge in [0.1, 0.15) is 11.8 Å². The Balaban J connectivity index is 2.59. The van der Waals surface area contributed by atoms with E-state index in [9.17, 15) is 4.79 Å². The fourth-order valence-electron chi connectivity index (χ4n) is 1.00. The predicted octanol–water partition coefficient (Wildman–Crippen LogP) is 0.591. The van der Waals surface area contributed by atoms with E-state index in [-0.39, 0.29) is 6.61 Å². The topological polar surface area (TPSA) is 89.0 Å². The van der Waals surface area contributed by atoms with Crippen LogP contribution in [0.2, 0.25) is 0 Å². The number of hydrogen-bond acceptors (Lipinski definition) is 4. The molecular formula is C9H9N3O2. The average Bonchev–Trinajstić information content (AvgIpc) is 2.18. The van der Waals surface area contributed by atoms with Crippen molar-refractivity contribution in [3.8, 4) is 6.07 Å². The number of ether oxygens (including phenoxy) is 1. The van der Waals surface area contributed by atoms with Crippen LogP contribution in [-0.4, -0.2) is 17.7 Å². The highest BCUT2D eigenvalue weighted by atomic mass is 16.5. The van der Waals surface area contributed by atoms with Crippen molar-refractivity contribution in [1.82, 2.24) is 4.98 Å². The minimum atomic E-state index is -0.813. The van der Waals surface area contributed by atoms with Gasteiger partial charge in [-0.2, -0.15) is 5.26 Å². The average molecular weight is 191 g/mol. The Bertz CT molecular complexity index is 371. The first-order chi connectivity index (χ1) is 6.74.